The van der Waals surface area contributed by atoms with Crippen molar-refractivity contribution in [3.63, 3.8) is 0 Å². The van der Waals surface area contributed by atoms with Crippen molar-refractivity contribution in [2.24, 2.45) is 0 Å². The number of rotatable bonds is 6. The summed E-state index contributed by atoms with van der Waals surface area (Å²) < 4.78 is 41.7. The third-order valence-electron chi connectivity index (χ3n) is 3.92. The van der Waals surface area contributed by atoms with E-state index >= 15 is 0 Å². The second-order valence-electron chi connectivity index (χ2n) is 5.72. The quantitative estimate of drug-likeness (QED) is 0.684. The van der Waals surface area contributed by atoms with Gasteiger partial charge in [-0.05, 0) is 18.6 Å². The van der Waals surface area contributed by atoms with Gasteiger partial charge in [0.2, 0.25) is 0 Å². The molecule has 3 aromatic rings. The zero-order valence-corrected chi connectivity index (χ0v) is 13.7. The van der Waals surface area contributed by atoms with Gasteiger partial charge in [-0.2, -0.15) is 13.2 Å². The van der Waals surface area contributed by atoms with E-state index in [9.17, 15) is 13.2 Å². The Kier molecular flexibility index (Phi) is 4.87. The van der Waals surface area contributed by atoms with Gasteiger partial charge < -0.3 is 9.13 Å². The molecule has 0 amide bonds. The molecule has 0 unspecified atom stereocenters. The zero-order valence-electron chi connectivity index (χ0n) is 13.7. The normalized spacial score (nSPS) is 11.8. The van der Waals surface area contributed by atoms with Crippen LogP contribution in [0.2, 0.25) is 0 Å². The summed E-state index contributed by atoms with van der Waals surface area (Å²) in [6.45, 7) is 3.43. The molecule has 132 valence electrons. The standard InChI is InChI=1S/C17H18F3N5/c1-2-24-12-22-23-15(24)6-8-25-9-7-21-16(25)14-5-3-4-13(10-14)11-17(18,19)20/h3-5,7,9-10,12H,2,6,8,11H2,1H3. The van der Waals surface area contributed by atoms with Gasteiger partial charge in [0.05, 0.1) is 6.42 Å². The third-order valence-corrected chi connectivity index (χ3v) is 3.92. The van der Waals surface area contributed by atoms with Crippen LogP contribution in [0.15, 0.2) is 43.0 Å². The molecule has 5 nitrogen and oxygen atoms in total. The Morgan fingerprint density at radius 1 is 1.16 bits per heavy atom. The van der Waals surface area contributed by atoms with Gasteiger partial charge in [0.25, 0.3) is 0 Å². The maximum atomic E-state index is 12.6. The molecule has 2 aromatic heterocycles. The van der Waals surface area contributed by atoms with E-state index in [0.717, 1.165) is 12.4 Å². The highest BCUT2D eigenvalue weighted by Gasteiger charge is 2.27. The summed E-state index contributed by atoms with van der Waals surface area (Å²) in [7, 11) is 0. The Labute approximate surface area is 143 Å². The highest BCUT2D eigenvalue weighted by molar-refractivity contribution is 5.56. The number of alkyl halides is 3. The van der Waals surface area contributed by atoms with Gasteiger partial charge >= 0.3 is 6.18 Å². The molecule has 25 heavy (non-hydrogen) atoms. The molecule has 8 heteroatoms. The second-order valence-corrected chi connectivity index (χ2v) is 5.72. The molecule has 0 saturated heterocycles. The summed E-state index contributed by atoms with van der Waals surface area (Å²) in [5, 5.41) is 8.00. The molecular weight excluding hydrogens is 331 g/mol. The van der Waals surface area contributed by atoms with E-state index in [0.29, 0.717) is 24.4 Å². The molecule has 0 aliphatic heterocycles. The van der Waals surface area contributed by atoms with Crippen molar-refractivity contribution in [1.82, 2.24) is 24.3 Å². The fourth-order valence-electron chi connectivity index (χ4n) is 2.76. The van der Waals surface area contributed by atoms with E-state index in [2.05, 4.69) is 15.2 Å². The first-order valence-corrected chi connectivity index (χ1v) is 8.00. The summed E-state index contributed by atoms with van der Waals surface area (Å²) in [5.41, 5.74) is 0.897. The fourth-order valence-corrected chi connectivity index (χ4v) is 2.76. The molecule has 0 N–H and O–H groups in total. The summed E-state index contributed by atoms with van der Waals surface area (Å²) in [4.78, 5) is 4.31. The van der Waals surface area contributed by atoms with E-state index in [1.165, 1.54) is 6.07 Å². The molecule has 0 spiro atoms. The van der Waals surface area contributed by atoms with Crippen LogP contribution in [0.4, 0.5) is 13.2 Å². The monoisotopic (exact) mass is 349 g/mol. The van der Waals surface area contributed by atoms with Crippen molar-refractivity contribution in [3.8, 4) is 11.4 Å². The van der Waals surface area contributed by atoms with Gasteiger partial charge in [0.1, 0.15) is 18.0 Å². The van der Waals surface area contributed by atoms with Crippen LogP contribution in [0.1, 0.15) is 18.3 Å². The van der Waals surface area contributed by atoms with E-state index in [4.69, 9.17) is 0 Å². The number of aryl methyl sites for hydroxylation is 3. The molecule has 0 fully saturated rings. The van der Waals surface area contributed by atoms with Gasteiger partial charge in [-0.25, -0.2) is 4.98 Å². The topological polar surface area (TPSA) is 48.5 Å². The predicted molar refractivity (Wildman–Crippen MR) is 86.8 cm³/mol. The van der Waals surface area contributed by atoms with Crippen molar-refractivity contribution >= 4 is 0 Å². The lowest BCUT2D eigenvalue weighted by atomic mass is 10.1. The number of halogens is 3. The third kappa shape index (κ3) is 4.26. The summed E-state index contributed by atoms with van der Waals surface area (Å²) in [6, 6.07) is 6.42. The minimum Gasteiger partial charge on any atom is -0.331 e. The van der Waals surface area contributed by atoms with Crippen LogP contribution in [0.3, 0.4) is 0 Å². The van der Waals surface area contributed by atoms with Gasteiger partial charge in [-0.3, -0.25) is 0 Å². The van der Waals surface area contributed by atoms with Crippen molar-refractivity contribution in [2.75, 3.05) is 0 Å². The molecule has 0 aliphatic rings. The van der Waals surface area contributed by atoms with E-state index < -0.39 is 12.6 Å². The SMILES string of the molecule is CCn1cnnc1CCn1ccnc1-c1cccc(CC(F)(F)F)c1. The number of hydrogen-bond acceptors (Lipinski definition) is 3. The molecule has 0 bridgehead atoms. The smallest absolute Gasteiger partial charge is 0.331 e. The van der Waals surface area contributed by atoms with Gasteiger partial charge in [-0.15, -0.1) is 10.2 Å². The molecule has 0 radical (unpaired) electrons. The Bertz CT molecular complexity index is 835. The number of aromatic nitrogens is 5. The van der Waals surface area contributed by atoms with Crippen LogP contribution in [-0.4, -0.2) is 30.5 Å². The van der Waals surface area contributed by atoms with Crippen LogP contribution >= 0.6 is 0 Å². The Hall–Kier alpha value is -2.64. The van der Waals surface area contributed by atoms with Crippen LogP contribution in [0.25, 0.3) is 11.4 Å². The van der Waals surface area contributed by atoms with E-state index in [-0.39, 0.29) is 5.56 Å². The molecular formula is C17H18F3N5. The molecule has 0 atom stereocenters. The molecule has 3 rings (SSSR count). The number of imidazole rings is 1. The maximum Gasteiger partial charge on any atom is 0.393 e. The van der Waals surface area contributed by atoms with Crippen molar-refractivity contribution in [3.05, 3.63) is 54.4 Å². The van der Waals surface area contributed by atoms with Crippen molar-refractivity contribution < 1.29 is 13.2 Å². The second kappa shape index (κ2) is 7.08. The van der Waals surface area contributed by atoms with E-state index in [1.54, 1.807) is 30.7 Å². The first-order valence-electron chi connectivity index (χ1n) is 8.00. The number of hydrogen-bond donors (Lipinski definition) is 0. The van der Waals surface area contributed by atoms with Crippen LogP contribution in [0.5, 0.6) is 0 Å². The lowest BCUT2D eigenvalue weighted by Crippen LogP contribution is -2.11. The lowest BCUT2D eigenvalue weighted by Gasteiger charge is -2.10. The first kappa shape index (κ1) is 17.2. The maximum absolute atomic E-state index is 12.6. The minimum atomic E-state index is -4.22. The van der Waals surface area contributed by atoms with Crippen LogP contribution < -0.4 is 0 Å². The predicted octanol–water partition coefficient (Wildman–Crippen LogP) is 3.51. The van der Waals surface area contributed by atoms with E-state index in [1.807, 2.05) is 22.3 Å². The molecule has 0 aliphatic carbocycles. The number of nitrogens with zero attached hydrogens (tertiary/aromatic N) is 5. The van der Waals surface area contributed by atoms with Gasteiger partial charge in [0, 0.05) is 37.5 Å². The van der Waals surface area contributed by atoms with Gasteiger partial charge in [-0.1, -0.05) is 18.2 Å². The van der Waals surface area contributed by atoms with Crippen LogP contribution in [0, 0.1) is 0 Å². The minimum absolute atomic E-state index is 0.227. The Balaban J connectivity index is 1.78. The van der Waals surface area contributed by atoms with Crippen molar-refractivity contribution in [2.45, 2.75) is 39.0 Å². The first-order chi connectivity index (χ1) is 12.0. The average molecular weight is 349 g/mol. The van der Waals surface area contributed by atoms with Gasteiger partial charge in [0.15, 0.2) is 0 Å². The zero-order chi connectivity index (χ0) is 17.9. The largest absolute Gasteiger partial charge is 0.393 e. The Morgan fingerprint density at radius 3 is 2.76 bits per heavy atom. The molecule has 1 aromatic carbocycles. The average Bonchev–Trinajstić information content (AvgIpc) is 3.20. The fraction of sp³-hybridized carbons (Fsp3) is 0.353. The lowest BCUT2D eigenvalue weighted by molar-refractivity contribution is -0.127. The van der Waals surface area contributed by atoms with Crippen LogP contribution in [-0.2, 0) is 25.9 Å². The Morgan fingerprint density at radius 2 is 2.00 bits per heavy atom. The highest BCUT2D eigenvalue weighted by atomic mass is 19.4. The highest BCUT2D eigenvalue weighted by Crippen LogP contribution is 2.25. The number of benzene rings is 1. The molecule has 0 saturated carbocycles. The summed E-state index contributed by atoms with van der Waals surface area (Å²) in [5.74, 6) is 1.51. The summed E-state index contributed by atoms with van der Waals surface area (Å²) in [6.07, 6.45) is 0.651. The molecule has 2 heterocycles. The van der Waals surface area contributed by atoms with Crippen molar-refractivity contribution in [1.29, 1.82) is 0 Å². The summed E-state index contributed by atoms with van der Waals surface area (Å²) >= 11 is 0.